The number of nitrogens with one attached hydrogen (secondary N) is 1. The molecule has 0 saturated carbocycles. The molecule has 8 heteroatoms. The third-order valence-corrected chi connectivity index (χ3v) is 4.16. The number of pyridine rings is 1. The number of rotatable bonds is 5. The number of amides is 1. The van der Waals surface area contributed by atoms with Gasteiger partial charge < -0.3 is 0 Å². The van der Waals surface area contributed by atoms with Gasteiger partial charge in [0.05, 0.1) is 23.1 Å². The van der Waals surface area contributed by atoms with Gasteiger partial charge >= 0.3 is 0 Å². The van der Waals surface area contributed by atoms with Crippen LogP contribution in [0.5, 0.6) is 0 Å². The zero-order valence-corrected chi connectivity index (χ0v) is 15.1. The maximum atomic E-state index is 11.9. The summed E-state index contributed by atoms with van der Waals surface area (Å²) in [6.45, 7) is 1.98. The maximum absolute atomic E-state index is 11.9. The molecule has 0 fully saturated rings. The first-order chi connectivity index (χ1) is 12.9. The molecule has 136 valence electrons. The molecule has 2 aromatic carbocycles. The van der Waals surface area contributed by atoms with Gasteiger partial charge in [0.1, 0.15) is 5.15 Å². The van der Waals surface area contributed by atoms with Gasteiger partial charge in [0.2, 0.25) is 5.91 Å². The van der Waals surface area contributed by atoms with Gasteiger partial charge in [-0.2, -0.15) is 5.10 Å². The van der Waals surface area contributed by atoms with Crippen molar-refractivity contribution in [3.63, 3.8) is 0 Å². The molecule has 3 aromatic rings. The Balaban J connectivity index is 1.65. The smallest absolute Gasteiger partial charge is 0.269 e. The second kappa shape index (κ2) is 7.92. The topological polar surface area (TPSA) is 97.5 Å². The molecule has 0 atom stereocenters. The maximum Gasteiger partial charge on any atom is 0.269 e. The Morgan fingerprint density at radius 1 is 1.26 bits per heavy atom. The summed E-state index contributed by atoms with van der Waals surface area (Å²) < 4.78 is 0. The fourth-order valence-corrected chi connectivity index (χ4v) is 2.69. The minimum absolute atomic E-state index is 0.0224. The van der Waals surface area contributed by atoms with Gasteiger partial charge in [-0.1, -0.05) is 35.9 Å². The molecule has 0 aliphatic carbocycles. The number of fused-ring (bicyclic) bond motifs is 1. The Bertz CT molecular complexity index is 1050. The first-order valence-corrected chi connectivity index (χ1v) is 8.42. The SMILES string of the molecule is Cc1ccc2cc(/C=N\NC(=O)Cc3ccc([N+](=O)[O-])cc3)c(Cl)nc2c1. The number of benzene rings is 2. The van der Waals surface area contributed by atoms with Crippen LogP contribution in [0.15, 0.2) is 53.6 Å². The monoisotopic (exact) mass is 382 g/mol. The van der Waals surface area contributed by atoms with Crippen molar-refractivity contribution in [1.29, 1.82) is 0 Å². The minimum Gasteiger partial charge on any atom is -0.273 e. The average molecular weight is 383 g/mol. The molecule has 0 aliphatic rings. The number of hydrogen-bond acceptors (Lipinski definition) is 5. The Morgan fingerprint density at radius 3 is 2.70 bits per heavy atom. The molecule has 3 rings (SSSR count). The third kappa shape index (κ3) is 4.65. The number of non-ortho nitro benzene ring substituents is 1. The summed E-state index contributed by atoms with van der Waals surface area (Å²) in [5, 5.41) is 15.8. The Hall–Kier alpha value is -3.32. The standard InChI is InChI=1S/C19H15ClN4O3/c1-12-2-5-14-10-15(19(20)22-17(14)8-12)11-21-23-18(25)9-13-3-6-16(7-4-13)24(26)27/h2-8,10-11H,9H2,1H3,(H,23,25)/b21-11-. The number of hydrogen-bond donors (Lipinski definition) is 1. The van der Waals surface area contributed by atoms with Crippen LogP contribution in [0, 0.1) is 17.0 Å². The number of nitrogens with zero attached hydrogens (tertiary/aromatic N) is 3. The Morgan fingerprint density at radius 2 is 2.00 bits per heavy atom. The normalized spacial score (nSPS) is 11.0. The number of nitro groups is 1. The molecule has 1 aromatic heterocycles. The number of carbonyl (C=O) groups is 1. The summed E-state index contributed by atoms with van der Waals surface area (Å²) in [6, 6.07) is 13.5. The fraction of sp³-hybridized carbons (Fsp3) is 0.105. The van der Waals surface area contributed by atoms with Gasteiger partial charge in [0.15, 0.2) is 0 Å². The van der Waals surface area contributed by atoms with E-state index >= 15 is 0 Å². The lowest BCUT2D eigenvalue weighted by Gasteiger charge is -2.03. The van der Waals surface area contributed by atoms with Crippen LogP contribution >= 0.6 is 11.6 Å². The van der Waals surface area contributed by atoms with Crippen molar-refractivity contribution in [2.24, 2.45) is 5.10 Å². The van der Waals surface area contributed by atoms with Crippen molar-refractivity contribution in [1.82, 2.24) is 10.4 Å². The van der Waals surface area contributed by atoms with Crippen molar-refractivity contribution in [3.8, 4) is 0 Å². The second-order valence-corrected chi connectivity index (χ2v) is 6.32. The van der Waals surface area contributed by atoms with E-state index in [0.717, 1.165) is 16.5 Å². The largest absolute Gasteiger partial charge is 0.273 e. The van der Waals surface area contributed by atoms with Crippen molar-refractivity contribution in [2.45, 2.75) is 13.3 Å². The van der Waals surface area contributed by atoms with E-state index in [4.69, 9.17) is 11.6 Å². The van der Waals surface area contributed by atoms with Crippen LogP contribution in [0.1, 0.15) is 16.7 Å². The zero-order chi connectivity index (χ0) is 19.4. The van der Waals surface area contributed by atoms with E-state index in [1.165, 1.54) is 30.5 Å². The summed E-state index contributed by atoms with van der Waals surface area (Å²) in [5.74, 6) is -0.347. The molecule has 1 heterocycles. The first-order valence-electron chi connectivity index (χ1n) is 8.04. The molecular formula is C19H15ClN4O3. The van der Waals surface area contributed by atoms with Gasteiger partial charge in [0, 0.05) is 23.1 Å². The molecule has 0 unspecified atom stereocenters. The molecule has 0 aliphatic heterocycles. The molecule has 1 N–H and O–H groups in total. The predicted molar refractivity (Wildman–Crippen MR) is 104 cm³/mol. The summed E-state index contributed by atoms with van der Waals surface area (Å²) in [6.07, 6.45) is 1.49. The molecule has 0 bridgehead atoms. The lowest BCUT2D eigenvalue weighted by molar-refractivity contribution is -0.384. The molecule has 27 heavy (non-hydrogen) atoms. The van der Waals surface area contributed by atoms with E-state index in [1.807, 2.05) is 31.2 Å². The third-order valence-electron chi connectivity index (χ3n) is 3.86. The van der Waals surface area contributed by atoms with E-state index in [1.54, 1.807) is 0 Å². The van der Waals surface area contributed by atoms with Crippen molar-refractivity contribution in [3.05, 3.63) is 80.5 Å². The van der Waals surface area contributed by atoms with Crippen LogP contribution in [0.25, 0.3) is 10.9 Å². The lowest BCUT2D eigenvalue weighted by Crippen LogP contribution is -2.19. The number of hydrazone groups is 1. The highest BCUT2D eigenvalue weighted by atomic mass is 35.5. The number of nitro benzene ring substituents is 1. The van der Waals surface area contributed by atoms with E-state index in [2.05, 4.69) is 15.5 Å². The number of aromatic nitrogens is 1. The van der Waals surface area contributed by atoms with E-state index in [-0.39, 0.29) is 18.0 Å². The van der Waals surface area contributed by atoms with E-state index < -0.39 is 4.92 Å². The Labute approximate surface area is 159 Å². The summed E-state index contributed by atoms with van der Waals surface area (Å²) in [7, 11) is 0. The quantitative estimate of drug-likeness (QED) is 0.314. The highest BCUT2D eigenvalue weighted by molar-refractivity contribution is 6.32. The van der Waals surface area contributed by atoms with Gasteiger partial charge in [-0.25, -0.2) is 10.4 Å². The van der Waals surface area contributed by atoms with Crippen molar-refractivity contribution >= 4 is 40.3 Å². The van der Waals surface area contributed by atoms with Crippen molar-refractivity contribution in [2.75, 3.05) is 0 Å². The summed E-state index contributed by atoms with van der Waals surface area (Å²) >= 11 is 6.17. The number of halogens is 1. The van der Waals surface area contributed by atoms with E-state index in [9.17, 15) is 14.9 Å². The lowest BCUT2D eigenvalue weighted by atomic mass is 10.1. The van der Waals surface area contributed by atoms with Gasteiger partial charge in [-0.15, -0.1) is 0 Å². The highest BCUT2D eigenvalue weighted by Gasteiger charge is 2.07. The highest BCUT2D eigenvalue weighted by Crippen LogP contribution is 2.20. The molecule has 0 saturated heterocycles. The number of aryl methyl sites for hydroxylation is 1. The molecule has 0 spiro atoms. The number of carbonyl (C=O) groups excluding carboxylic acids is 1. The summed E-state index contributed by atoms with van der Waals surface area (Å²) in [4.78, 5) is 26.4. The van der Waals surface area contributed by atoms with Crippen LogP contribution in [-0.4, -0.2) is 22.0 Å². The van der Waals surface area contributed by atoms with E-state index in [0.29, 0.717) is 16.3 Å². The summed E-state index contributed by atoms with van der Waals surface area (Å²) in [5.41, 5.74) is 5.50. The molecule has 1 amide bonds. The second-order valence-electron chi connectivity index (χ2n) is 5.96. The fourth-order valence-electron chi connectivity index (χ4n) is 2.49. The minimum atomic E-state index is -0.489. The first kappa shape index (κ1) is 18.5. The van der Waals surface area contributed by atoms with Gasteiger partial charge in [-0.3, -0.25) is 14.9 Å². The predicted octanol–water partition coefficient (Wildman–Crippen LogP) is 3.80. The van der Waals surface area contributed by atoms with Crippen LogP contribution < -0.4 is 5.43 Å². The van der Waals surface area contributed by atoms with Crippen LogP contribution in [0.2, 0.25) is 5.15 Å². The van der Waals surface area contributed by atoms with Crippen LogP contribution in [0.4, 0.5) is 5.69 Å². The molecule has 0 radical (unpaired) electrons. The zero-order valence-electron chi connectivity index (χ0n) is 14.3. The Kier molecular flexibility index (Phi) is 5.42. The van der Waals surface area contributed by atoms with Crippen molar-refractivity contribution < 1.29 is 9.72 Å². The average Bonchev–Trinajstić information content (AvgIpc) is 2.62. The molecular weight excluding hydrogens is 368 g/mol. The van der Waals surface area contributed by atoms with Gasteiger partial charge in [0.25, 0.3) is 5.69 Å². The van der Waals surface area contributed by atoms with Crippen LogP contribution in [-0.2, 0) is 11.2 Å². The molecule has 7 nitrogen and oxygen atoms in total. The van der Waals surface area contributed by atoms with Crippen LogP contribution in [0.3, 0.4) is 0 Å². The van der Waals surface area contributed by atoms with Gasteiger partial charge in [-0.05, 0) is 30.2 Å².